The van der Waals surface area contributed by atoms with Gasteiger partial charge in [0.05, 0.1) is 0 Å². The smallest absolute Gasteiger partial charge is 0.309 e. The highest BCUT2D eigenvalue weighted by atomic mass is 16.7. The lowest BCUT2D eigenvalue weighted by Gasteiger charge is -2.36. The highest BCUT2D eigenvalue weighted by Crippen LogP contribution is 2.30. The molecule has 3 rings (SSSR count). The van der Waals surface area contributed by atoms with Crippen LogP contribution in [0.25, 0.3) is 0 Å². The minimum Gasteiger partial charge on any atom is -0.309 e. The summed E-state index contributed by atoms with van der Waals surface area (Å²) in [5.74, 6) is -0.410. The van der Waals surface area contributed by atoms with Gasteiger partial charge in [0.1, 0.15) is 19.7 Å². The Morgan fingerprint density at radius 3 is 1.04 bits per heavy atom. The van der Waals surface area contributed by atoms with Crippen molar-refractivity contribution >= 4 is 11.9 Å². The van der Waals surface area contributed by atoms with Crippen molar-refractivity contribution in [1.29, 1.82) is 0 Å². The average Bonchev–Trinajstić information content (AvgIpc) is 2.44. The minimum absolute atomic E-state index is 0.205. The van der Waals surface area contributed by atoms with Crippen LogP contribution >= 0.6 is 0 Å². The van der Waals surface area contributed by atoms with E-state index in [9.17, 15) is 40.5 Å². The molecule has 2 saturated heterocycles. The van der Waals surface area contributed by atoms with Crippen LogP contribution in [0.2, 0.25) is 0 Å². The molecule has 3 heterocycles. The Morgan fingerprint density at radius 1 is 0.615 bits per heavy atom. The van der Waals surface area contributed by atoms with E-state index in [4.69, 9.17) is 0 Å². The Labute approximate surface area is 141 Å². The summed E-state index contributed by atoms with van der Waals surface area (Å²) >= 11 is 0. The fraction of sp³-hybridized carbons (Fsp3) is 0.750. The van der Waals surface area contributed by atoms with Crippen LogP contribution in [-0.4, -0.2) is 77.6 Å². The second kappa shape index (κ2) is 5.32. The summed E-state index contributed by atoms with van der Waals surface area (Å²) in [5, 5.41) is 57.7. The third-order valence-electron chi connectivity index (χ3n) is 4.16. The zero-order valence-corrected chi connectivity index (χ0v) is 12.6. The van der Waals surface area contributed by atoms with E-state index >= 15 is 0 Å². The fourth-order valence-corrected chi connectivity index (χ4v) is 2.48. The summed E-state index contributed by atoms with van der Waals surface area (Å²) in [6.07, 6.45) is 0. The molecule has 0 amide bonds. The highest BCUT2D eigenvalue weighted by molar-refractivity contribution is 5.38. The van der Waals surface area contributed by atoms with E-state index in [0.717, 1.165) is 9.80 Å². The number of hydrogen-bond donors (Lipinski definition) is 0. The number of anilines is 2. The van der Waals surface area contributed by atoms with Crippen LogP contribution in [0.5, 0.6) is 0 Å². The normalized spacial score (nSPS) is 19.8. The summed E-state index contributed by atoms with van der Waals surface area (Å²) in [4.78, 5) is 41.5. The number of aromatic nitrogens is 4. The fourth-order valence-electron chi connectivity index (χ4n) is 2.48. The zero-order valence-electron chi connectivity index (χ0n) is 12.6. The lowest BCUT2D eigenvalue weighted by atomic mass is 10.0. The van der Waals surface area contributed by atoms with Crippen LogP contribution in [0.4, 0.5) is 11.9 Å². The SMILES string of the molecule is O=[N+]([O-])C1([N+](=O)[O-])CN(c2nnc(N3CC([N+](=O)[O-])([N+](=O)[O-])C3)nn2)C1. The van der Waals surface area contributed by atoms with Crippen molar-refractivity contribution in [1.82, 2.24) is 20.4 Å². The van der Waals surface area contributed by atoms with Gasteiger partial charge in [-0.3, -0.25) is 40.5 Å². The van der Waals surface area contributed by atoms with Crippen LogP contribution in [0.3, 0.4) is 0 Å². The van der Waals surface area contributed by atoms with E-state index in [2.05, 4.69) is 20.4 Å². The van der Waals surface area contributed by atoms with Crippen molar-refractivity contribution in [2.45, 2.75) is 11.3 Å². The van der Waals surface area contributed by atoms with E-state index < -0.39 is 57.2 Å². The molecule has 0 saturated carbocycles. The minimum atomic E-state index is -2.35. The van der Waals surface area contributed by atoms with E-state index in [1.54, 1.807) is 0 Å². The van der Waals surface area contributed by atoms with Crippen LogP contribution in [0.1, 0.15) is 0 Å². The molecule has 0 unspecified atom stereocenters. The first-order chi connectivity index (χ1) is 12.1. The number of nitrogens with zero attached hydrogens (tertiary/aromatic N) is 10. The quantitative estimate of drug-likeness (QED) is 0.283. The molecule has 0 radical (unpaired) electrons. The first-order valence-electron chi connectivity index (χ1n) is 6.78. The molecule has 2 aliphatic heterocycles. The van der Waals surface area contributed by atoms with E-state index in [1.165, 1.54) is 0 Å². The van der Waals surface area contributed by atoms with Crippen LogP contribution < -0.4 is 9.80 Å². The van der Waals surface area contributed by atoms with Gasteiger partial charge in [0.2, 0.25) is 0 Å². The summed E-state index contributed by atoms with van der Waals surface area (Å²) < 4.78 is 0. The summed E-state index contributed by atoms with van der Waals surface area (Å²) in [6.45, 7) is -2.31. The third-order valence-corrected chi connectivity index (χ3v) is 4.16. The Balaban J connectivity index is 1.66. The lowest BCUT2D eigenvalue weighted by molar-refractivity contribution is -0.799. The van der Waals surface area contributed by atoms with Gasteiger partial charge >= 0.3 is 11.3 Å². The van der Waals surface area contributed by atoms with Crippen LogP contribution in [0.15, 0.2) is 0 Å². The summed E-state index contributed by atoms with van der Waals surface area (Å²) in [6, 6.07) is 0. The molecule has 0 N–H and O–H groups in total. The average molecular weight is 372 g/mol. The molecule has 0 aliphatic carbocycles. The maximum Gasteiger partial charge on any atom is 0.492 e. The number of rotatable bonds is 6. The molecule has 2 aliphatic rings. The van der Waals surface area contributed by atoms with Gasteiger partial charge in [-0.2, -0.15) is 0 Å². The van der Waals surface area contributed by atoms with E-state index in [-0.39, 0.29) is 11.9 Å². The van der Waals surface area contributed by atoms with Crippen molar-refractivity contribution in [3.63, 3.8) is 0 Å². The van der Waals surface area contributed by atoms with Gasteiger partial charge in [0, 0.05) is 0 Å². The predicted octanol–water partition coefficient (Wildman–Crippen LogP) is -2.59. The number of nitro groups is 4. The Morgan fingerprint density at radius 2 is 0.846 bits per heavy atom. The molecule has 0 aromatic carbocycles. The van der Waals surface area contributed by atoms with Gasteiger partial charge in [-0.05, 0) is 0 Å². The third kappa shape index (κ3) is 2.18. The summed E-state index contributed by atoms with van der Waals surface area (Å²) in [7, 11) is 0. The van der Waals surface area contributed by atoms with Gasteiger partial charge < -0.3 is 9.80 Å². The maximum absolute atomic E-state index is 10.8. The Kier molecular flexibility index (Phi) is 3.48. The molecule has 1 aromatic rings. The monoisotopic (exact) mass is 372 g/mol. The van der Waals surface area contributed by atoms with Gasteiger partial charge in [-0.25, -0.2) is 0 Å². The van der Waals surface area contributed by atoms with Crippen molar-refractivity contribution < 1.29 is 19.7 Å². The zero-order chi connectivity index (χ0) is 19.3. The molecule has 0 spiro atoms. The topological polar surface area (TPSA) is 231 Å². The van der Waals surface area contributed by atoms with Gasteiger partial charge in [-0.1, -0.05) is 0 Å². The molecule has 138 valence electrons. The second-order valence-corrected chi connectivity index (χ2v) is 5.71. The molecule has 0 bridgehead atoms. The maximum atomic E-state index is 10.8. The van der Waals surface area contributed by atoms with Gasteiger partial charge in [0.25, 0.3) is 11.9 Å². The predicted molar refractivity (Wildman–Crippen MR) is 75.5 cm³/mol. The van der Waals surface area contributed by atoms with Crippen LogP contribution in [0, 0.1) is 40.5 Å². The highest BCUT2D eigenvalue weighted by Gasteiger charge is 2.68. The van der Waals surface area contributed by atoms with E-state index in [1.807, 2.05) is 0 Å². The number of hydrogen-bond acceptors (Lipinski definition) is 14. The molecule has 18 nitrogen and oxygen atoms in total. The summed E-state index contributed by atoms with van der Waals surface area (Å²) in [5.41, 5.74) is -4.70. The molecular weight excluding hydrogens is 364 g/mol. The Bertz CT molecular complexity index is 701. The van der Waals surface area contributed by atoms with Gasteiger partial charge in [0.15, 0.2) is 26.2 Å². The van der Waals surface area contributed by atoms with Crippen molar-refractivity contribution in [2.75, 3.05) is 36.0 Å². The molecule has 1 aromatic heterocycles. The molecule has 26 heavy (non-hydrogen) atoms. The van der Waals surface area contributed by atoms with Crippen molar-refractivity contribution in [3.05, 3.63) is 40.5 Å². The second-order valence-electron chi connectivity index (χ2n) is 5.71. The molecule has 2 fully saturated rings. The van der Waals surface area contributed by atoms with Crippen LogP contribution in [-0.2, 0) is 0 Å². The first kappa shape index (κ1) is 17.0. The Hall–Kier alpha value is -3.86. The van der Waals surface area contributed by atoms with Crippen molar-refractivity contribution in [3.8, 4) is 0 Å². The lowest BCUT2D eigenvalue weighted by Crippen LogP contribution is -2.71. The largest absolute Gasteiger partial charge is 0.492 e. The van der Waals surface area contributed by atoms with Crippen molar-refractivity contribution in [2.24, 2.45) is 0 Å². The molecule has 18 heteroatoms. The standard InChI is InChI=1S/C8H8N10O8/c19-15(20)7(16(21)22)1-13(2-7)5-9-11-6(12-10-5)14-3-8(4-14,17(23)24)18(25)26/h1-4H2. The van der Waals surface area contributed by atoms with E-state index in [0.29, 0.717) is 0 Å². The molecular formula is C8H8N10O8. The van der Waals surface area contributed by atoms with Gasteiger partial charge in [-0.15, -0.1) is 20.4 Å². The molecule has 0 atom stereocenters. The first-order valence-corrected chi connectivity index (χ1v) is 6.78.